The third kappa shape index (κ3) is 3.29. The van der Waals surface area contributed by atoms with Gasteiger partial charge >= 0.3 is 6.18 Å². The maximum Gasteiger partial charge on any atom is 0.417 e. The zero-order chi connectivity index (χ0) is 17.2. The lowest BCUT2D eigenvalue weighted by Crippen LogP contribution is -2.09. The number of hydrogen-bond donors (Lipinski definition) is 1. The first-order chi connectivity index (χ1) is 11.4. The van der Waals surface area contributed by atoms with Crippen LogP contribution in [-0.4, -0.2) is 15.9 Å². The molecule has 3 aromatic rings. The SMILES string of the molecule is Nc1nc(-c2ccccc2)cn1N=Cc1ccccc1C(F)(F)F. The smallest absolute Gasteiger partial charge is 0.368 e. The van der Waals surface area contributed by atoms with Crippen LogP contribution in [0, 0.1) is 0 Å². The van der Waals surface area contributed by atoms with E-state index >= 15 is 0 Å². The predicted molar refractivity (Wildman–Crippen MR) is 86.5 cm³/mol. The van der Waals surface area contributed by atoms with Crippen molar-refractivity contribution in [2.45, 2.75) is 6.18 Å². The first-order valence-corrected chi connectivity index (χ1v) is 7.06. The molecule has 0 atom stereocenters. The summed E-state index contributed by atoms with van der Waals surface area (Å²) < 4.78 is 40.2. The quantitative estimate of drug-likeness (QED) is 0.737. The summed E-state index contributed by atoms with van der Waals surface area (Å²) in [6, 6.07) is 14.5. The molecule has 1 heterocycles. The van der Waals surface area contributed by atoms with Crippen molar-refractivity contribution in [3.05, 3.63) is 71.9 Å². The van der Waals surface area contributed by atoms with Crippen LogP contribution in [0.5, 0.6) is 0 Å². The molecule has 0 aliphatic rings. The Morgan fingerprint density at radius 1 is 1.00 bits per heavy atom. The van der Waals surface area contributed by atoms with Gasteiger partial charge in [-0.15, -0.1) is 0 Å². The summed E-state index contributed by atoms with van der Waals surface area (Å²) in [5.41, 5.74) is 6.42. The normalized spacial score (nSPS) is 12.0. The highest BCUT2D eigenvalue weighted by Crippen LogP contribution is 2.31. The van der Waals surface area contributed by atoms with E-state index in [1.807, 2.05) is 30.3 Å². The molecule has 4 nitrogen and oxygen atoms in total. The molecular formula is C17H13F3N4. The highest BCUT2D eigenvalue weighted by molar-refractivity contribution is 5.82. The average Bonchev–Trinajstić information content (AvgIpc) is 2.94. The molecule has 0 aliphatic carbocycles. The molecule has 0 bridgehead atoms. The fourth-order valence-electron chi connectivity index (χ4n) is 2.22. The second-order valence-electron chi connectivity index (χ2n) is 5.02. The molecule has 0 unspecified atom stereocenters. The largest absolute Gasteiger partial charge is 0.417 e. The van der Waals surface area contributed by atoms with E-state index in [9.17, 15) is 13.2 Å². The topological polar surface area (TPSA) is 56.2 Å². The van der Waals surface area contributed by atoms with Crippen LogP contribution in [0.4, 0.5) is 19.1 Å². The summed E-state index contributed by atoms with van der Waals surface area (Å²) >= 11 is 0. The maximum absolute atomic E-state index is 13.0. The van der Waals surface area contributed by atoms with Crippen molar-refractivity contribution in [3.63, 3.8) is 0 Å². The molecule has 0 spiro atoms. The Kier molecular flexibility index (Phi) is 4.07. The predicted octanol–water partition coefficient (Wildman–Crippen LogP) is 4.03. The molecule has 0 radical (unpaired) electrons. The third-order valence-electron chi connectivity index (χ3n) is 3.37. The summed E-state index contributed by atoms with van der Waals surface area (Å²) in [6.07, 6.45) is -1.76. The summed E-state index contributed by atoms with van der Waals surface area (Å²) in [6.45, 7) is 0. The van der Waals surface area contributed by atoms with E-state index in [1.54, 1.807) is 6.20 Å². The van der Waals surface area contributed by atoms with Gasteiger partial charge in [0, 0.05) is 11.1 Å². The monoisotopic (exact) mass is 330 g/mol. The Bertz CT molecular complexity index is 867. The Hall–Kier alpha value is -3.09. The van der Waals surface area contributed by atoms with Crippen LogP contribution in [0.3, 0.4) is 0 Å². The van der Waals surface area contributed by atoms with Crippen LogP contribution >= 0.6 is 0 Å². The average molecular weight is 330 g/mol. The van der Waals surface area contributed by atoms with Crippen LogP contribution in [0.25, 0.3) is 11.3 Å². The molecule has 122 valence electrons. The van der Waals surface area contributed by atoms with E-state index in [4.69, 9.17) is 5.73 Å². The van der Waals surface area contributed by atoms with E-state index in [0.717, 1.165) is 17.8 Å². The minimum absolute atomic E-state index is 0.0423. The zero-order valence-corrected chi connectivity index (χ0v) is 12.4. The molecular weight excluding hydrogens is 317 g/mol. The second-order valence-corrected chi connectivity index (χ2v) is 5.02. The number of benzene rings is 2. The minimum Gasteiger partial charge on any atom is -0.368 e. The highest BCUT2D eigenvalue weighted by atomic mass is 19.4. The Labute approximate surface area is 136 Å². The van der Waals surface area contributed by atoms with E-state index in [1.165, 1.54) is 22.9 Å². The van der Waals surface area contributed by atoms with Crippen molar-refractivity contribution in [1.29, 1.82) is 0 Å². The molecule has 1 aromatic heterocycles. The van der Waals surface area contributed by atoms with E-state index in [2.05, 4.69) is 10.1 Å². The first kappa shape index (κ1) is 15.8. The molecule has 0 aliphatic heterocycles. The van der Waals surface area contributed by atoms with Gasteiger partial charge in [-0.3, -0.25) is 0 Å². The van der Waals surface area contributed by atoms with E-state index < -0.39 is 11.7 Å². The van der Waals surface area contributed by atoms with Gasteiger partial charge in [-0.1, -0.05) is 48.5 Å². The number of alkyl halides is 3. The summed E-state index contributed by atoms with van der Waals surface area (Å²) in [5, 5.41) is 4.00. The highest BCUT2D eigenvalue weighted by Gasteiger charge is 2.32. The lowest BCUT2D eigenvalue weighted by atomic mass is 10.1. The van der Waals surface area contributed by atoms with E-state index in [-0.39, 0.29) is 11.5 Å². The minimum atomic E-state index is -4.45. The Morgan fingerprint density at radius 3 is 2.38 bits per heavy atom. The maximum atomic E-state index is 13.0. The van der Waals surface area contributed by atoms with Crippen LogP contribution < -0.4 is 5.73 Å². The number of nitrogens with zero attached hydrogens (tertiary/aromatic N) is 3. The van der Waals surface area contributed by atoms with Crippen molar-refractivity contribution in [1.82, 2.24) is 9.66 Å². The lowest BCUT2D eigenvalue weighted by Gasteiger charge is -2.09. The first-order valence-electron chi connectivity index (χ1n) is 7.06. The zero-order valence-electron chi connectivity index (χ0n) is 12.4. The number of anilines is 1. The van der Waals surface area contributed by atoms with Crippen LogP contribution in [0.1, 0.15) is 11.1 Å². The van der Waals surface area contributed by atoms with Gasteiger partial charge in [0.15, 0.2) is 0 Å². The van der Waals surface area contributed by atoms with Crippen molar-refractivity contribution < 1.29 is 13.2 Å². The number of nitrogen functional groups attached to an aromatic ring is 1. The Morgan fingerprint density at radius 2 is 1.67 bits per heavy atom. The molecule has 0 fully saturated rings. The number of aromatic nitrogens is 2. The molecule has 2 N–H and O–H groups in total. The molecule has 0 amide bonds. The lowest BCUT2D eigenvalue weighted by molar-refractivity contribution is -0.137. The van der Waals surface area contributed by atoms with Gasteiger partial charge in [0.05, 0.1) is 23.7 Å². The van der Waals surface area contributed by atoms with Gasteiger partial charge in [0.1, 0.15) is 0 Å². The van der Waals surface area contributed by atoms with Crippen LogP contribution in [0.15, 0.2) is 65.9 Å². The molecule has 3 rings (SSSR count). The van der Waals surface area contributed by atoms with E-state index in [0.29, 0.717) is 5.69 Å². The van der Waals surface area contributed by atoms with Gasteiger partial charge in [-0.05, 0) is 6.07 Å². The van der Waals surface area contributed by atoms with Crippen molar-refractivity contribution >= 4 is 12.2 Å². The summed E-state index contributed by atoms with van der Waals surface area (Å²) in [7, 11) is 0. The number of hydrogen-bond acceptors (Lipinski definition) is 3. The summed E-state index contributed by atoms with van der Waals surface area (Å²) in [4.78, 5) is 4.17. The number of imidazole rings is 1. The third-order valence-corrected chi connectivity index (χ3v) is 3.37. The number of nitrogens with two attached hydrogens (primary N) is 1. The number of rotatable bonds is 3. The van der Waals surface area contributed by atoms with Gasteiger partial charge in [-0.2, -0.15) is 18.3 Å². The van der Waals surface area contributed by atoms with Crippen molar-refractivity contribution in [2.24, 2.45) is 5.10 Å². The van der Waals surface area contributed by atoms with Gasteiger partial charge < -0.3 is 5.73 Å². The molecule has 0 saturated heterocycles. The van der Waals surface area contributed by atoms with Crippen LogP contribution in [0.2, 0.25) is 0 Å². The van der Waals surface area contributed by atoms with Crippen molar-refractivity contribution in [3.8, 4) is 11.3 Å². The van der Waals surface area contributed by atoms with Gasteiger partial charge in [-0.25, -0.2) is 9.66 Å². The van der Waals surface area contributed by atoms with Gasteiger partial charge in [0.2, 0.25) is 5.95 Å². The molecule has 2 aromatic carbocycles. The molecule has 24 heavy (non-hydrogen) atoms. The second kappa shape index (κ2) is 6.19. The molecule has 7 heteroatoms. The standard InChI is InChI=1S/C17H13F3N4/c18-17(19,20)14-9-5-4-8-13(14)10-22-24-11-15(23-16(24)21)12-6-2-1-3-7-12/h1-11H,(H2,21,23). The fourth-order valence-corrected chi connectivity index (χ4v) is 2.22. The fraction of sp³-hybridized carbons (Fsp3) is 0.0588. The summed E-state index contributed by atoms with van der Waals surface area (Å²) in [5.74, 6) is 0.0922. The van der Waals surface area contributed by atoms with Gasteiger partial charge in [0.25, 0.3) is 0 Å². The van der Waals surface area contributed by atoms with Crippen LogP contribution in [-0.2, 0) is 6.18 Å². The van der Waals surface area contributed by atoms with Crippen molar-refractivity contribution in [2.75, 3.05) is 5.73 Å². The molecule has 0 saturated carbocycles. The number of halogens is 3. The Balaban J connectivity index is 1.93.